The zero-order chi connectivity index (χ0) is 19.1. The lowest BCUT2D eigenvalue weighted by Crippen LogP contribution is -2.47. The van der Waals surface area contributed by atoms with E-state index in [0.717, 1.165) is 9.88 Å². The summed E-state index contributed by atoms with van der Waals surface area (Å²) in [5, 5.41) is 6.78. The van der Waals surface area contributed by atoms with Crippen molar-refractivity contribution in [1.82, 2.24) is 10.3 Å². The Morgan fingerprint density at radius 2 is 2.08 bits per heavy atom. The molecule has 7 nitrogen and oxygen atoms in total. The van der Waals surface area contributed by atoms with Gasteiger partial charge in [0.05, 0.1) is 12.0 Å². The van der Waals surface area contributed by atoms with E-state index < -0.39 is 30.5 Å². The number of hydrogen-bond donors (Lipinski definition) is 1. The van der Waals surface area contributed by atoms with Crippen LogP contribution in [0.25, 0.3) is 9.88 Å². The van der Waals surface area contributed by atoms with E-state index >= 15 is 0 Å². The summed E-state index contributed by atoms with van der Waals surface area (Å²) in [5.41, 5.74) is 0.151. The molecular formula is C17H20N2O5S2. The van der Waals surface area contributed by atoms with Gasteiger partial charge in [-0.15, -0.1) is 22.7 Å². The smallest absolute Gasteiger partial charge is 0.358 e. The molecule has 0 aliphatic carbocycles. The lowest BCUT2D eigenvalue weighted by atomic mass is 9.99. The lowest BCUT2D eigenvalue weighted by Gasteiger charge is -2.21. The second-order valence-corrected chi connectivity index (χ2v) is 7.35. The molecule has 2 aromatic heterocycles. The number of thiophene rings is 1. The third kappa shape index (κ3) is 5.12. The summed E-state index contributed by atoms with van der Waals surface area (Å²) in [7, 11) is 1.26. The Hall–Kier alpha value is -2.26. The second-order valence-electron chi connectivity index (χ2n) is 5.55. The van der Waals surface area contributed by atoms with Crippen LogP contribution in [-0.2, 0) is 19.1 Å². The summed E-state index contributed by atoms with van der Waals surface area (Å²) in [4.78, 5) is 41.0. The van der Waals surface area contributed by atoms with Gasteiger partial charge in [0.2, 0.25) is 0 Å². The zero-order valence-corrected chi connectivity index (χ0v) is 16.3. The van der Waals surface area contributed by atoms with Crippen LogP contribution in [0.2, 0.25) is 0 Å². The van der Waals surface area contributed by atoms with Crippen LogP contribution in [0.1, 0.15) is 30.8 Å². The lowest BCUT2D eigenvalue weighted by molar-refractivity contribution is -0.147. The SMILES string of the molecule is CCC(C)C(NC(=O)COC(=O)c1csc(-c2cccs2)n1)C(=O)OC. The molecule has 2 rings (SSSR count). The summed E-state index contributed by atoms with van der Waals surface area (Å²) in [5.74, 6) is -1.88. The first-order valence-electron chi connectivity index (χ1n) is 8.00. The van der Waals surface area contributed by atoms with Gasteiger partial charge >= 0.3 is 11.9 Å². The van der Waals surface area contributed by atoms with Gasteiger partial charge in [-0.2, -0.15) is 0 Å². The highest BCUT2D eigenvalue weighted by Crippen LogP contribution is 2.27. The molecule has 0 bridgehead atoms. The number of carbonyl (C=O) groups is 3. The fourth-order valence-corrected chi connectivity index (χ4v) is 3.70. The van der Waals surface area contributed by atoms with Gasteiger partial charge in [0.15, 0.2) is 12.3 Å². The highest BCUT2D eigenvalue weighted by atomic mass is 32.1. The minimum absolute atomic E-state index is 0.103. The number of nitrogens with zero attached hydrogens (tertiary/aromatic N) is 1. The van der Waals surface area contributed by atoms with E-state index in [2.05, 4.69) is 10.3 Å². The number of methoxy groups -OCH3 is 1. The van der Waals surface area contributed by atoms with Crippen molar-refractivity contribution in [1.29, 1.82) is 0 Å². The van der Waals surface area contributed by atoms with Crippen LogP contribution in [0, 0.1) is 5.92 Å². The number of ether oxygens (including phenoxy) is 2. The van der Waals surface area contributed by atoms with Crippen molar-refractivity contribution in [3.63, 3.8) is 0 Å². The Kier molecular flexibility index (Phi) is 7.28. The fraction of sp³-hybridized carbons (Fsp3) is 0.412. The van der Waals surface area contributed by atoms with Crippen molar-refractivity contribution >= 4 is 40.5 Å². The van der Waals surface area contributed by atoms with Crippen molar-refractivity contribution in [3.05, 3.63) is 28.6 Å². The van der Waals surface area contributed by atoms with E-state index in [4.69, 9.17) is 9.47 Å². The summed E-state index contributed by atoms with van der Waals surface area (Å²) in [6, 6.07) is 3.04. The monoisotopic (exact) mass is 396 g/mol. The number of rotatable bonds is 8. The standard InChI is InChI=1S/C17H20N2O5S2/c1-4-10(2)14(17(22)23-3)19-13(20)8-24-16(21)11-9-26-15(18-11)12-6-5-7-25-12/h5-7,9-10,14H,4,8H2,1-3H3,(H,19,20). The van der Waals surface area contributed by atoms with E-state index in [1.807, 2.05) is 31.4 Å². The molecule has 2 aromatic rings. The minimum Gasteiger partial charge on any atom is -0.467 e. The van der Waals surface area contributed by atoms with Crippen LogP contribution in [0.5, 0.6) is 0 Å². The van der Waals surface area contributed by atoms with Gasteiger partial charge in [-0.05, 0) is 17.4 Å². The minimum atomic E-state index is -0.777. The molecule has 2 heterocycles. The molecule has 0 aliphatic heterocycles. The van der Waals surface area contributed by atoms with E-state index in [1.54, 1.807) is 5.38 Å². The summed E-state index contributed by atoms with van der Waals surface area (Å²) >= 11 is 2.85. The first-order chi connectivity index (χ1) is 12.5. The topological polar surface area (TPSA) is 94.6 Å². The van der Waals surface area contributed by atoms with Crippen LogP contribution in [-0.4, -0.2) is 42.6 Å². The normalized spacial score (nSPS) is 12.9. The van der Waals surface area contributed by atoms with Gasteiger partial charge in [-0.1, -0.05) is 26.3 Å². The number of aromatic nitrogens is 1. The highest BCUT2D eigenvalue weighted by molar-refractivity contribution is 7.20. The van der Waals surface area contributed by atoms with Crippen LogP contribution >= 0.6 is 22.7 Å². The first kappa shape index (κ1) is 20.1. The van der Waals surface area contributed by atoms with Crippen molar-refractivity contribution in [2.75, 3.05) is 13.7 Å². The Morgan fingerprint density at radius 1 is 1.31 bits per heavy atom. The quantitative estimate of drug-likeness (QED) is 0.690. The van der Waals surface area contributed by atoms with Gasteiger partial charge < -0.3 is 14.8 Å². The van der Waals surface area contributed by atoms with Gasteiger partial charge in [-0.25, -0.2) is 14.6 Å². The van der Waals surface area contributed by atoms with Crippen LogP contribution in [0.3, 0.4) is 0 Å². The molecule has 140 valence electrons. The van der Waals surface area contributed by atoms with E-state index in [-0.39, 0.29) is 11.6 Å². The first-order valence-corrected chi connectivity index (χ1v) is 9.75. The number of thiazole rings is 1. The average molecular weight is 396 g/mol. The molecule has 0 aliphatic rings. The summed E-state index contributed by atoms with van der Waals surface area (Å²) in [6.45, 7) is 3.24. The van der Waals surface area contributed by atoms with E-state index in [9.17, 15) is 14.4 Å². The predicted molar refractivity (Wildman–Crippen MR) is 99.1 cm³/mol. The Labute approximate surface area is 159 Å². The maximum atomic E-state index is 12.1. The van der Waals surface area contributed by atoms with Crippen molar-refractivity contribution in [2.45, 2.75) is 26.3 Å². The molecule has 9 heteroatoms. The largest absolute Gasteiger partial charge is 0.467 e. The van der Waals surface area contributed by atoms with Gasteiger partial charge in [0.1, 0.15) is 11.0 Å². The Morgan fingerprint density at radius 3 is 2.69 bits per heavy atom. The predicted octanol–water partition coefficient (Wildman–Crippen LogP) is 2.73. The van der Waals surface area contributed by atoms with Crippen molar-refractivity contribution in [2.24, 2.45) is 5.92 Å². The molecule has 1 amide bonds. The van der Waals surface area contributed by atoms with Gasteiger partial charge in [0.25, 0.3) is 5.91 Å². The van der Waals surface area contributed by atoms with Crippen LogP contribution < -0.4 is 5.32 Å². The molecular weight excluding hydrogens is 376 g/mol. The third-order valence-electron chi connectivity index (χ3n) is 3.76. The highest BCUT2D eigenvalue weighted by Gasteiger charge is 2.27. The molecule has 0 spiro atoms. The fourth-order valence-electron chi connectivity index (χ4n) is 2.10. The molecule has 0 aromatic carbocycles. The summed E-state index contributed by atoms with van der Waals surface area (Å²) < 4.78 is 9.69. The van der Waals surface area contributed by atoms with Crippen LogP contribution in [0.15, 0.2) is 22.9 Å². The molecule has 0 saturated heterocycles. The van der Waals surface area contributed by atoms with E-state index in [1.165, 1.54) is 29.8 Å². The molecule has 2 atom stereocenters. The third-order valence-corrected chi connectivity index (χ3v) is 5.65. The van der Waals surface area contributed by atoms with Crippen molar-refractivity contribution in [3.8, 4) is 9.88 Å². The number of esters is 2. The van der Waals surface area contributed by atoms with Crippen molar-refractivity contribution < 1.29 is 23.9 Å². The number of hydrogen-bond acceptors (Lipinski definition) is 8. The number of carbonyl (C=O) groups excluding carboxylic acids is 3. The molecule has 0 fully saturated rings. The Balaban J connectivity index is 1.90. The van der Waals surface area contributed by atoms with Gasteiger partial charge in [-0.3, -0.25) is 4.79 Å². The number of amides is 1. The molecule has 26 heavy (non-hydrogen) atoms. The molecule has 1 N–H and O–H groups in total. The zero-order valence-electron chi connectivity index (χ0n) is 14.7. The summed E-state index contributed by atoms with van der Waals surface area (Å²) in [6.07, 6.45) is 0.685. The number of nitrogens with one attached hydrogen (secondary N) is 1. The second kappa shape index (κ2) is 9.44. The molecule has 2 unspecified atom stereocenters. The Bertz CT molecular complexity index is 757. The molecule has 0 saturated carbocycles. The molecule has 0 radical (unpaired) electrons. The van der Waals surface area contributed by atoms with E-state index in [0.29, 0.717) is 6.42 Å². The maximum Gasteiger partial charge on any atom is 0.358 e. The van der Waals surface area contributed by atoms with Crippen LogP contribution in [0.4, 0.5) is 0 Å². The maximum absolute atomic E-state index is 12.1. The van der Waals surface area contributed by atoms with Gasteiger partial charge in [0, 0.05) is 5.38 Å². The average Bonchev–Trinajstić information content (AvgIpc) is 3.34.